The molecule has 94 valence electrons. The summed E-state index contributed by atoms with van der Waals surface area (Å²) in [5, 5.41) is 0. The van der Waals surface area contributed by atoms with Crippen LogP contribution in [0.15, 0.2) is 0 Å². The van der Waals surface area contributed by atoms with Gasteiger partial charge in [-0.1, -0.05) is 33.1 Å². The van der Waals surface area contributed by atoms with Crippen LogP contribution in [0.3, 0.4) is 0 Å². The molecule has 0 spiro atoms. The highest BCUT2D eigenvalue weighted by molar-refractivity contribution is 5.81. The van der Waals surface area contributed by atoms with Gasteiger partial charge in [-0.15, -0.1) is 0 Å². The SMILES string of the molecule is CC(C)C[C@@H](N)C(=O)N(C)C1CCCCC1. The van der Waals surface area contributed by atoms with E-state index >= 15 is 0 Å². The fourth-order valence-corrected chi connectivity index (χ4v) is 2.52. The van der Waals surface area contributed by atoms with Crippen LogP contribution in [0.25, 0.3) is 0 Å². The van der Waals surface area contributed by atoms with Gasteiger partial charge in [0.2, 0.25) is 5.91 Å². The Morgan fingerprint density at radius 3 is 2.38 bits per heavy atom. The topological polar surface area (TPSA) is 46.3 Å². The van der Waals surface area contributed by atoms with E-state index in [0.717, 1.165) is 19.3 Å². The summed E-state index contributed by atoms with van der Waals surface area (Å²) in [4.78, 5) is 14.0. The van der Waals surface area contributed by atoms with Gasteiger partial charge in [0.05, 0.1) is 6.04 Å². The highest BCUT2D eigenvalue weighted by atomic mass is 16.2. The molecule has 1 fully saturated rings. The molecule has 1 atom stereocenters. The van der Waals surface area contributed by atoms with Gasteiger partial charge in [0.25, 0.3) is 0 Å². The molecule has 0 heterocycles. The maximum Gasteiger partial charge on any atom is 0.239 e. The predicted molar refractivity (Wildman–Crippen MR) is 67.1 cm³/mol. The van der Waals surface area contributed by atoms with Crippen molar-refractivity contribution >= 4 is 5.91 Å². The number of nitrogens with zero attached hydrogens (tertiary/aromatic N) is 1. The third-order valence-electron chi connectivity index (χ3n) is 3.51. The average Bonchev–Trinajstić information content (AvgIpc) is 2.27. The molecule has 0 aliphatic heterocycles. The number of hydrogen-bond donors (Lipinski definition) is 1. The molecule has 1 amide bonds. The van der Waals surface area contributed by atoms with Crippen molar-refractivity contribution in [3.63, 3.8) is 0 Å². The summed E-state index contributed by atoms with van der Waals surface area (Å²) >= 11 is 0. The van der Waals surface area contributed by atoms with Crippen molar-refractivity contribution in [1.29, 1.82) is 0 Å². The first-order valence-electron chi connectivity index (χ1n) is 6.54. The smallest absolute Gasteiger partial charge is 0.239 e. The van der Waals surface area contributed by atoms with Crippen LogP contribution < -0.4 is 5.73 Å². The molecule has 1 rings (SSSR count). The van der Waals surface area contributed by atoms with Crippen LogP contribution in [-0.2, 0) is 4.79 Å². The third-order valence-corrected chi connectivity index (χ3v) is 3.51. The van der Waals surface area contributed by atoms with Crippen LogP contribution in [0, 0.1) is 5.92 Å². The van der Waals surface area contributed by atoms with E-state index in [-0.39, 0.29) is 11.9 Å². The molecule has 0 radical (unpaired) electrons. The van der Waals surface area contributed by atoms with Crippen molar-refractivity contribution in [2.24, 2.45) is 11.7 Å². The van der Waals surface area contributed by atoms with Crippen LogP contribution >= 0.6 is 0 Å². The number of likely N-dealkylation sites (N-methyl/N-ethyl adjacent to an activating group) is 1. The molecule has 16 heavy (non-hydrogen) atoms. The van der Waals surface area contributed by atoms with Gasteiger partial charge in [-0.25, -0.2) is 0 Å². The van der Waals surface area contributed by atoms with Crippen molar-refractivity contribution in [1.82, 2.24) is 4.90 Å². The van der Waals surface area contributed by atoms with Crippen molar-refractivity contribution in [3.05, 3.63) is 0 Å². The second-order valence-electron chi connectivity index (χ2n) is 5.48. The first-order chi connectivity index (χ1) is 7.52. The zero-order chi connectivity index (χ0) is 12.1. The van der Waals surface area contributed by atoms with E-state index in [4.69, 9.17) is 5.73 Å². The Morgan fingerprint density at radius 2 is 1.88 bits per heavy atom. The Labute approximate surface area is 99.4 Å². The van der Waals surface area contributed by atoms with Crippen LogP contribution in [0.4, 0.5) is 0 Å². The molecule has 1 saturated carbocycles. The summed E-state index contributed by atoms with van der Waals surface area (Å²) in [5.41, 5.74) is 5.93. The highest BCUT2D eigenvalue weighted by Gasteiger charge is 2.25. The summed E-state index contributed by atoms with van der Waals surface area (Å²) in [5.74, 6) is 0.610. The molecule has 0 aromatic carbocycles. The largest absolute Gasteiger partial charge is 0.341 e. The lowest BCUT2D eigenvalue weighted by Gasteiger charge is -2.33. The summed E-state index contributed by atoms with van der Waals surface area (Å²) in [6, 6.07) is 0.117. The molecule has 0 aromatic heterocycles. The lowest BCUT2D eigenvalue weighted by atomic mass is 9.93. The van der Waals surface area contributed by atoms with E-state index in [2.05, 4.69) is 13.8 Å². The Morgan fingerprint density at radius 1 is 1.31 bits per heavy atom. The number of carbonyl (C=O) groups excluding carboxylic acids is 1. The molecular formula is C13H26N2O. The number of carbonyl (C=O) groups is 1. The molecule has 0 saturated heterocycles. The lowest BCUT2D eigenvalue weighted by Crippen LogP contribution is -2.47. The molecule has 3 heteroatoms. The zero-order valence-electron chi connectivity index (χ0n) is 10.9. The van der Waals surface area contributed by atoms with Crippen LogP contribution in [0.5, 0.6) is 0 Å². The molecule has 0 bridgehead atoms. The first-order valence-corrected chi connectivity index (χ1v) is 6.54. The number of amides is 1. The van der Waals surface area contributed by atoms with Gasteiger partial charge in [-0.05, 0) is 25.2 Å². The minimum absolute atomic E-state index is 0.126. The Balaban J connectivity index is 2.45. The fraction of sp³-hybridized carbons (Fsp3) is 0.923. The molecule has 2 N–H and O–H groups in total. The van der Waals surface area contributed by atoms with Crippen molar-refractivity contribution in [3.8, 4) is 0 Å². The van der Waals surface area contributed by atoms with E-state index < -0.39 is 0 Å². The van der Waals surface area contributed by atoms with Gasteiger partial charge in [0, 0.05) is 13.1 Å². The number of rotatable bonds is 4. The average molecular weight is 226 g/mol. The van der Waals surface area contributed by atoms with E-state index in [1.54, 1.807) is 0 Å². The Kier molecular flexibility index (Phi) is 5.26. The Hall–Kier alpha value is -0.570. The van der Waals surface area contributed by atoms with E-state index in [0.29, 0.717) is 12.0 Å². The molecule has 1 aliphatic rings. The molecular weight excluding hydrogens is 200 g/mol. The van der Waals surface area contributed by atoms with Crippen molar-refractivity contribution < 1.29 is 4.79 Å². The normalized spacial score (nSPS) is 19.8. The molecule has 0 aromatic rings. The lowest BCUT2D eigenvalue weighted by molar-refractivity contribution is -0.134. The Bertz CT molecular complexity index is 222. The standard InChI is InChI=1S/C13H26N2O/c1-10(2)9-12(14)13(16)15(3)11-7-5-4-6-8-11/h10-12H,4-9,14H2,1-3H3/t12-/m1/s1. The summed E-state index contributed by atoms with van der Waals surface area (Å²) in [7, 11) is 1.92. The molecule has 0 unspecified atom stereocenters. The minimum Gasteiger partial charge on any atom is -0.341 e. The second kappa shape index (κ2) is 6.24. The monoisotopic (exact) mass is 226 g/mol. The summed E-state index contributed by atoms with van der Waals surface area (Å²) in [6.45, 7) is 4.21. The van der Waals surface area contributed by atoms with Gasteiger partial charge in [-0.3, -0.25) is 4.79 Å². The first kappa shape index (κ1) is 13.5. The van der Waals surface area contributed by atoms with Crippen LogP contribution in [0.2, 0.25) is 0 Å². The minimum atomic E-state index is -0.313. The van der Waals surface area contributed by atoms with E-state index in [9.17, 15) is 4.79 Å². The molecule has 1 aliphatic carbocycles. The van der Waals surface area contributed by atoms with Gasteiger partial charge >= 0.3 is 0 Å². The highest BCUT2D eigenvalue weighted by Crippen LogP contribution is 2.22. The molecule has 3 nitrogen and oxygen atoms in total. The number of nitrogens with two attached hydrogens (primary N) is 1. The summed E-state index contributed by atoms with van der Waals surface area (Å²) in [6.07, 6.45) is 6.91. The zero-order valence-corrected chi connectivity index (χ0v) is 10.9. The van der Waals surface area contributed by atoms with Crippen molar-refractivity contribution in [2.45, 2.75) is 64.5 Å². The quantitative estimate of drug-likeness (QED) is 0.798. The third kappa shape index (κ3) is 3.78. The second-order valence-corrected chi connectivity index (χ2v) is 5.48. The maximum absolute atomic E-state index is 12.1. The summed E-state index contributed by atoms with van der Waals surface area (Å²) < 4.78 is 0. The van der Waals surface area contributed by atoms with Crippen molar-refractivity contribution in [2.75, 3.05) is 7.05 Å². The number of hydrogen-bond acceptors (Lipinski definition) is 2. The van der Waals surface area contributed by atoms with Crippen LogP contribution in [0.1, 0.15) is 52.4 Å². The maximum atomic E-state index is 12.1. The van der Waals surface area contributed by atoms with Crippen LogP contribution in [-0.4, -0.2) is 29.9 Å². The van der Waals surface area contributed by atoms with E-state index in [1.807, 2.05) is 11.9 Å². The van der Waals surface area contributed by atoms with Gasteiger partial charge in [-0.2, -0.15) is 0 Å². The fourth-order valence-electron chi connectivity index (χ4n) is 2.52. The van der Waals surface area contributed by atoms with Gasteiger partial charge in [0.1, 0.15) is 0 Å². The van der Waals surface area contributed by atoms with Gasteiger partial charge in [0.15, 0.2) is 0 Å². The van der Waals surface area contributed by atoms with E-state index in [1.165, 1.54) is 19.3 Å². The van der Waals surface area contributed by atoms with Gasteiger partial charge < -0.3 is 10.6 Å². The predicted octanol–water partition coefficient (Wildman–Crippen LogP) is 2.15.